The Morgan fingerprint density at radius 1 is 1.15 bits per heavy atom. The number of hydrogen-bond acceptors (Lipinski definition) is 6. The molecule has 0 fully saturated rings. The van der Waals surface area contributed by atoms with Crippen LogP contribution in [0.4, 0.5) is 18.9 Å². The number of halogens is 4. The molecule has 33 heavy (non-hydrogen) atoms. The van der Waals surface area contributed by atoms with Crippen LogP contribution in [-0.4, -0.2) is 33.1 Å². The van der Waals surface area contributed by atoms with E-state index in [0.29, 0.717) is 10.2 Å². The predicted molar refractivity (Wildman–Crippen MR) is 118 cm³/mol. The minimum atomic E-state index is -5.32. The molecule has 0 saturated carbocycles. The molecular formula is C22H20BrF3N2O5. The Labute approximate surface area is 194 Å². The quantitative estimate of drug-likeness (QED) is 0.447. The molecule has 0 aliphatic carbocycles. The number of nitrogens with one attached hydrogen (secondary N) is 1. The Morgan fingerprint density at radius 3 is 2.42 bits per heavy atom. The smallest absolute Gasteiger partial charge is 0.426 e. The molecule has 7 nitrogen and oxygen atoms in total. The summed E-state index contributed by atoms with van der Waals surface area (Å²) >= 11 is 3.16. The highest BCUT2D eigenvalue weighted by Gasteiger charge is 2.61. The van der Waals surface area contributed by atoms with Gasteiger partial charge in [0.25, 0.3) is 5.91 Å². The normalized spacial score (nSPS) is 14.2. The summed E-state index contributed by atoms with van der Waals surface area (Å²) in [5, 5.41) is 26.9. The van der Waals surface area contributed by atoms with Gasteiger partial charge in [-0.15, -0.1) is 0 Å². The summed E-state index contributed by atoms with van der Waals surface area (Å²) in [7, 11) is 0. The van der Waals surface area contributed by atoms with E-state index in [2.05, 4.69) is 30.9 Å². The van der Waals surface area contributed by atoms with Gasteiger partial charge in [0, 0.05) is 22.0 Å². The first kappa shape index (κ1) is 24.7. The second kappa shape index (κ2) is 8.45. The number of nitrogens with zero attached hydrogens (tertiary/aromatic N) is 1. The number of aromatic nitrogens is 1. The molecule has 1 atom stereocenters. The van der Waals surface area contributed by atoms with Crippen molar-refractivity contribution in [3.8, 4) is 5.75 Å². The van der Waals surface area contributed by atoms with Gasteiger partial charge >= 0.3 is 11.8 Å². The summed E-state index contributed by atoms with van der Waals surface area (Å²) in [4.78, 5) is 24.5. The van der Waals surface area contributed by atoms with Crippen LogP contribution in [-0.2, 0) is 10.2 Å². The molecule has 0 aliphatic rings. The fourth-order valence-electron chi connectivity index (χ4n) is 3.66. The number of amides is 1. The van der Waals surface area contributed by atoms with E-state index >= 15 is 0 Å². The minimum Gasteiger partial charge on any atom is -0.508 e. The topological polar surface area (TPSA) is 113 Å². The van der Waals surface area contributed by atoms with Gasteiger partial charge in [0.1, 0.15) is 5.75 Å². The highest BCUT2D eigenvalue weighted by Crippen LogP contribution is 2.44. The fraction of sp³-hybridized carbons (Fsp3) is 0.318. The number of carbonyl (C=O) groups is 1. The molecule has 1 heterocycles. The fourth-order valence-corrected chi connectivity index (χ4v) is 4.01. The van der Waals surface area contributed by atoms with E-state index < -0.39 is 35.1 Å². The van der Waals surface area contributed by atoms with Gasteiger partial charge in [-0.05, 0) is 48.2 Å². The number of carbonyl (C=O) groups excluding carboxylic acids is 1. The molecule has 0 bridgehead atoms. The zero-order chi connectivity index (χ0) is 24.8. The van der Waals surface area contributed by atoms with Crippen LogP contribution in [0.1, 0.15) is 31.5 Å². The predicted octanol–water partition coefficient (Wildman–Crippen LogP) is 4.56. The maximum Gasteiger partial charge on any atom is 0.426 e. The van der Waals surface area contributed by atoms with Gasteiger partial charge in [0.15, 0.2) is 0 Å². The number of phenols is 1. The van der Waals surface area contributed by atoms with Crippen molar-refractivity contribution in [2.24, 2.45) is 0 Å². The molecule has 1 unspecified atom stereocenters. The number of benzene rings is 2. The Hall–Kier alpha value is -2.92. The van der Waals surface area contributed by atoms with E-state index in [-0.39, 0.29) is 27.8 Å². The van der Waals surface area contributed by atoms with Crippen molar-refractivity contribution in [3.63, 3.8) is 0 Å². The molecule has 3 aromatic rings. The summed E-state index contributed by atoms with van der Waals surface area (Å²) < 4.78 is 47.1. The van der Waals surface area contributed by atoms with Crippen molar-refractivity contribution in [2.75, 3.05) is 5.32 Å². The lowest BCUT2D eigenvalue weighted by Crippen LogP contribution is -2.57. The van der Waals surface area contributed by atoms with Crippen LogP contribution in [0.15, 0.2) is 50.2 Å². The lowest BCUT2D eigenvalue weighted by molar-refractivity contribution is -0.254. The molecule has 1 amide bonds. The van der Waals surface area contributed by atoms with Gasteiger partial charge in [-0.1, -0.05) is 41.0 Å². The molecule has 0 radical (unpaired) electrons. The van der Waals surface area contributed by atoms with Crippen molar-refractivity contribution >= 4 is 38.3 Å². The third-order valence-corrected chi connectivity index (χ3v) is 5.88. The number of hydrogen-bond donors (Lipinski definition) is 3. The average molecular weight is 529 g/mol. The van der Waals surface area contributed by atoms with Crippen LogP contribution in [0, 0.1) is 6.92 Å². The highest BCUT2D eigenvalue weighted by atomic mass is 79.9. The number of rotatable bonds is 5. The summed E-state index contributed by atoms with van der Waals surface area (Å²) in [6.45, 7) is 4.28. The molecule has 0 aliphatic heterocycles. The van der Waals surface area contributed by atoms with E-state index in [4.69, 9.17) is 0 Å². The van der Waals surface area contributed by atoms with Gasteiger partial charge in [-0.25, -0.2) is 4.79 Å². The number of alkyl halides is 3. The number of fused-ring (bicyclic) bond motifs is 1. The third kappa shape index (κ3) is 4.74. The first-order valence-corrected chi connectivity index (χ1v) is 10.4. The molecule has 1 aromatic heterocycles. The molecule has 176 valence electrons. The monoisotopic (exact) mass is 528 g/mol. The van der Waals surface area contributed by atoms with Crippen LogP contribution < -0.4 is 10.9 Å². The number of anilines is 1. The van der Waals surface area contributed by atoms with Crippen molar-refractivity contribution in [1.29, 1.82) is 0 Å². The Bertz CT molecular complexity index is 1290. The molecule has 2 aromatic carbocycles. The van der Waals surface area contributed by atoms with Crippen LogP contribution in [0.25, 0.3) is 10.8 Å². The molecule has 11 heteroatoms. The Kier molecular flexibility index (Phi) is 6.33. The summed E-state index contributed by atoms with van der Waals surface area (Å²) in [5.74, 6) is -1.98. The van der Waals surface area contributed by atoms with E-state index in [1.54, 1.807) is 0 Å². The first-order valence-electron chi connectivity index (χ1n) is 9.65. The molecule has 3 rings (SSSR count). The van der Waals surface area contributed by atoms with Gasteiger partial charge < -0.3 is 20.1 Å². The maximum absolute atomic E-state index is 14.0. The maximum atomic E-state index is 14.0. The second-order valence-electron chi connectivity index (χ2n) is 8.35. The van der Waals surface area contributed by atoms with Gasteiger partial charge in [-0.2, -0.15) is 13.2 Å². The molecule has 0 saturated heterocycles. The Morgan fingerprint density at radius 2 is 1.82 bits per heavy atom. The minimum absolute atomic E-state index is 0.0741. The van der Waals surface area contributed by atoms with Crippen LogP contribution in [0.2, 0.25) is 0 Å². The zero-order valence-electron chi connectivity index (χ0n) is 17.7. The van der Waals surface area contributed by atoms with E-state index in [0.717, 1.165) is 0 Å². The SMILES string of the molecule is Cc1noc(=O)c2ccc(NC(=O)C(O)(CC(C)(C)c3ccc(Br)cc3O)C(F)(F)F)cc12. The first-order chi connectivity index (χ1) is 15.2. The third-order valence-electron chi connectivity index (χ3n) is 5.38. The summed E-state index contributed by atoms with van der Waals surface area (Å²) in [6.07, 6.45) is -6.39. The number of aryl methyl sites for hydroxylation is 1. The van der Waals surface area contributed by atoms with Crippen molar-refractivity contribution in [1.82, 2.24) is 5.16 Å². The van der Waals surface area contributed by atoms with Gasteiger partial charge in [-0.3, -0.25) is 4.79 Å². The number of aromatic hydroxyl groups is 1. The number of aliphatic hydroxyl groups is 1. The Balaban J connectivity index is 1.98. The van der Waals surface area contributed by atoms with Gasteiger partial charge in [0.2, 0.25) is 5.60 Å². The van der Waals surface area contributed by atoms with Crippen molar-refractivity contribution in [3.05, 3.63) is 62.5 Å². The lowest BCUT2D eigenvalue weighted by atomic mass is 9.74. The second-order valence-corrected chi connectivity index (χ2v) is 9.27. The van der Waals surface area contributed by atoms with E-state index in [9.17, 15) is 33.0 Å². The zero-order valence-corrected chi connectivity index (χ0v) is 19.3. The summed E-state index contributed by atoms with van der Waals surface area (Å²) in [5.41, 5.74) is -5.63. The van der Waals surface area contributed by atoms with E-state index in [1.165, 1.54) is 57.2 Å². The van der Waals surface area contributed by atoms with E-state index in [1.807, 2.05) is 0 Å². The van der Waals surface area contributed by atoms with Crippen molar-refractivity contribution in [2.45, 2.75) is 44.4 Å². The number of phenolic OH excluding ortho intramolecular Hbond substituents is 1. The molecular weight excluding hydrogens is 509 g/mol. The van der Waals surface area contributed by atoms with Gasteiger partial charge in [0.05, 0.1) is 11.1 Å². The molecule has 0 spiro atoms. The van der Waals surface area contributed by atoms with Crippen LogP contribution in [0.3, 0.4) is 0 Å². The summed E-state index contributed by atoms with van der Waals surface area (Å²) in [6, 6.07) is 8.03. The lowest BCUT2D eigenvalue weighted by Gasteiger charge is -2.37. The van der Waals surface area contributed by atoms with Crippen LogP contribution in [0.5, 0.6) is 5.75 Å². The average Bonchev–Trinajstić information content (AvgIpc) is 2.69. The highest BCUT2D eigenvalue weighted by molar-refractivity contribution is 9.10. The van der Waals surface area contributed by atoms with Crippen molar-refractivity contribution < 1.29 is 32.7 Å². The van der Waals surface area contributed by atoms with Crippen LogP contribution >= 0.6 is 15.9 Å². The largest absolute Gasteiger partial charge is 0.508 e. The standard InChI is InChI=1S/C22H20BrF3N2O5/c1-11-15-9-13(5-6-14(15)18(30)33-28-11)27-19(31)21(32,22(24,25)26)10-20(2,3)16-7-4-12(23)8-17(16)29/h4-9,29,32H,10H2,1-3H3,(H,27,31). The molecule has 3 N–H and O–H groups in total.